The van der Waals surface area contributed by atoms with Crippen LogP contribution in [0.3, 0.4) is 0 Å². The van der Waals surface area contributed by atoms with Crippen molar-refractivity contribution >= 4 is 10.8 Å². The lowest BCUT2D eigenvalue weighted by Gasteiger charge is -2.40. The maximum absolute atomic E-state index is 11.0. The number of diazo groups is 1. The smallest absolute Gasteiger partial charge is 0.440 e. The van der Waals surface area contributed by atoms with Gasteiger partial charge in [-0.2, -0.15) is 0 Å². The minimum absolute atomic E-state index is 0.0573. The Hall–Kier alpha value is -2.54. The van der Waals surface area contributed by atoms with Gasteiger partial charge in [-0.05, 0) is 46.4 Å². The number of fused-ring (bicyclic) bond motifs is 3. The molecule has 4 heteroatoms. The number of hydrogen-bond acceptors (Lipinski definition) is 3. The third kappa shape index (κ3) is 4.67. The van der Waals surface area contributed by atoms with Gasteiger partial charge in [0.1, 0.15) is 6.10 Å². The van der Waals surface area contributed by atoms with E-state index in [4.69, 9.17) is 4.74 Å². The number of nitrogens with zero attached hydrogens (tertiary/aromatic N) is 2. The highest BCUT2D eigenvalue weighted by Gasteiger charge is 2.67. The van der Waals surface area contributed by atoms with Crippen molar-refractivity contribution in [3.63, 3.8) is 0 Å². The van der Waals surface area contributed by atoms with E-state index in [0.717, 1.165) is 25.7 Å². The number of aliphatic hydroxyl groups excluding tert-OH is 1. The fourth-order valence-corrected chi connectivity index (χ4v) is 7.13. The van der Waals surface area contributed by atoms with Crippen LogP contribution in [0.1, 0.15) is 103 Å². The summed E-state index contributed by atoms with van der Waals surface area (Å²) < 4.78 is 6.41. The molecule has 1 N–H and O–H groups in total. The van der Waals surface area contributed by atoms with Crippen molar-refractivity contribution in [1.82, 2.24) is 0 Å². The monoisotopic (exact) mass is 475 g/mol. The topological polar surface area (TPSA) is 57.6 Å². The van der Waals surface area contributed by atoms with Gasteiger partial charge in [-0.3, -0.25) is 0 Å². The molecule has 0 radical (unpaired) electrons. The largest absolute Gasteiger partial charge is 0.475 e. The van der Waals surface area contributed by atoms with Crippen molar-refractivity contribution in [3.8, 4) is 0 Å². The number of rotatable bonds is 11. The third-order valence-corrected chi connectivity index (χ3v) is 9.58. The van der Waals surface area contributed by atoms with E-state index in [0.29, 0.717) is 12.3 Å². The number of unbranched alkanes of at least 4 members (excludes halogenated alkanes) is 6. The minimum Gasteiger partial charge on any atom is -0.475 e. The fraction of sp³-hybridized carbons (Fsp3) is 0.613. The molecule has 35 heavy (non-hydrogen) atoms. The average molecular weight is 476 g/mol. The highest BCUT2D eigenvalue weighted by molar-refractivity contribution is 5.86. The van der Waals surface area contributed by atoms with E-state index in [1.807, 2.05) is 0 Å². The molecule has 0 spiro atoms. The average Bonchev–Trinajstić information content (AvgIpc) is 3.17. The summed E-state index contributed by atoms with van der Waals surface area (Å²) in [6.45, 7) is 9.36. The highest BCUT2D eigenvalue weighted by atomic mass is 16.6. The van der Waals surface area contributed by atoms with Crippen molar-refractivity contribution in [2.45, 2.75) is 104 Å². The molecule has 2 aromatic rings. The molecule has 2 aromatic carbocycles. The minimum atomic E-state index is -0.194. The summed E-state index contributed by atoms with van der Waals surface area (Å²) >= 11 is 0. The Labute approximate surface area is 211 Å². The second-order valence-electron chi connectivity index (χ2n) is 11.6. The summed E-state index contributed by atoms with van der Waals surface area (Å²) in [6, 6.07) is 15.1. The molecule has 0 saturated heterocycles. The van der Waals surface area contributed by atoms with E-state index in [1.165, 1.54) is 48.4 Å². The van der Waals surface area contributed by atoms with Crippen molar-refractivity contribution in [1.29, 1.82) is 5.39 Å². The Kier molecular flexibility index (Phi) is 7.74. The van der Waals surface area contributed by atoms with Crippen LogP contribution in [-0.4, -0.2) is 11.2 Å². The SMILES string of the molecule is CCCCCCCCC/C([N+]#N)=C(/O)O[C@@H]1[C@H]2CC[C@@](C)([C@@H]1c1cccc3ccccc13)C2(C)C. The normalized spacial score (nSPS) is 27.6. The van der Waals surface area contributed by atoms with Crippen LogP contribution in [0.25, 0.3) is 15.7 Å². The van der Waals surface area contributed by atoms with Crippen LogP contribution in [0.4, 0.5) is 0 Å². The fourth-order valence-electron chi connectivity index (χ4n) is 7.13. The van der Waals surface area contributed by atoms with Crippen LogP contribution in [0, 0.1) is 22.1 Å². The Morgan fingerprint density at radius 1 is 1.00 bits per heavy atom. The summed E-state index contributed by atoms with van der Waals surface area (Å²) in [6.07, 6.45) is 10.8. The lowest BCUT2D eigenvalue weighted by molar-refractivity contribution is -0.0205. The molecule has 4 atom stereocenters. The van der Waals surface area contributed by atoms with Crippen LogP contribution >= 0.6 is 0 Å². The van der Waals surface area contributed by atoms with Gasteiger partial charge in [0, 0.05) is 11.8 Å². The molecule has 0 amide bonds. The van der Waals surface area contributed by atoms with E-state index in [9.17, 15) is 10.5 Å². The zero-order valence-corrected chi connectivity index (χ0v) is 22.1. The van der Waals surface area contributed by atoms with Gasteiger partial charge < -0.3 is 9.84 Å². The highest BCUT2D eigenvalue weighted by Crippen LogP contribution is 2.72. The van der Waals surface area contributed by atoms with Crippen molar-refractivity contribution in [2.75, 3.05) is 0 Å². The Balaban J connectivity index is 1.57. The van der Waals surface area contributed by atoms with E-state index < -0.39 is 0 Å². The van der Waals surface area contributed by atoms with Crippen LogP contribution in [-0.2, 0) is 4.74 Å². The first-order valence-electron chi connectivity index (χ1n) is 13.8. The van der Waals surface area contributed by atoms with Crippen molar-refractivity contribution in [2.24, 2.45) is 16.7 Å². The second-order valence-corrected chi connectivity index (χ2v) is 11.6. The zero-order valence-electron chi connectivity index (χ0n) is 22.1. The Morgan fingerprint density at radius 3 is 2.43 bits per heavy atom. The summed E-state index contributed by atoms with van der Waals surface area (Å²) in [5, 5.41) is 23.2. The van der Waals surface area contributed by atoms with Gasteiger partial charge in [0.05, 0.1) is 6.42 Å². The molecule has 4 nitrogen and oxygen atoms in total. The van der Waals surface area contributed by atoms with Crippen molar-refractivity contribution < 1.29 is 9.84 Å². The summed E-state index contributed by atoms with van der Waals surface area (Å²) in [7, 11) is 0. The van der Waals surface area contributed by atoms with Gasteiger partial charge in [0.15, 0.2) is 4.98 Å². The molecule has 0 aromatic heterocycles. The number of hydrogen-bond donors (Lipinski definition) is 1. The second kappa shape index (κ2) is 10.6. The van der Waals surface area contributed by atoms with Crippen LogP contribution in [0.5, 0.6) is 0 Å². The molecule has 0 aliphatic heterocycles. The Morgan fingerprint density at radius 2 is 1.69 bits per heavy atom. The van der Waals surface area contributed by atoms with E-state index >= 15 is 0 Å². The lowest BCUT2D eigenvalue weighted by Crippen LogP contribution is -2.34. The van der Waals surface area contributed by atoms with Gasteiger partial charge in [-0.15, -0.1) is 0 Å². The first kappa shape index (κ1) is 25.5. The molecule has 2 bridgehead atoms. The molecule has 188 valence electrons. The Bertz CT molecular complexity index is 1090. The summed E-state index contributed by atoms with van der Waals surface area (Å²) in [5.41, 5.74) is 1.71. The lowest BCUT2D eigenvalue weighted by atomic mass is 9.64. The standard InChI is InChI=1S/C31H42N2O2/c1-5-6-7-8-9-10-11-19-26(33-32)29(34)35-28-25-20-21-31(4,30(25,2)3)27(28)24-18-14-16-22-15-12-13-17-23(22)24/h12-18,25,27-28H,5-11,19-21H2,1-4H3/p+1/b29-26+/t25-,27-,28-,31+/m1/s1. The quantitative estimate of drug-likeness (QED) is 0.200. The van der Waals surface area contributed by atoms with Crippen molar-refractivity contribution in [3.05, 3.63) is 64.6 Å². The van der Waals surface area contributed by atoms with E-state index in [2.05, 4.69) is 75.1 Å². The predicted octanol–water partition coefficient (Wildman–Crippen LogP) is 9.49. The molecule has 4 rings (SSSR count). The predicted molar refractivity (Wildman–Crippen MR) is 144 cm³/mol. The van der Waals surface area contributed by atoms with Crippen LogP contribution < -0.4 is 0 Å². The van der Waals surface area contributed by atoms with Gasteiger partial charge >= 0.3 is 11.6 Å². The van der Waals surface area contributed by atoms with Crippen LogP contribution in [0.15, 0.2) is 54.1 Å². The molecule has 2 aliphatic rings. The molecule has 2 saturated carbocycles. The maximum Gasteiger partial charge on any atom is 0.440 e. The number of aliphatic hydroxyl groups is 1. The van der Waals surface area contributed by atoms with E-state index in [-0.39, 0.29) is 34.5 Å². The van der Waals surface area contributed by atoms with Gasteiger partial charge in [-0.1, -0.05) is 109 Å². The summed E-state index contributed by atoms with van der Waals surface area (Å²) in [4.78, 5) is 3.45. The molecule has 2 fully saturated rings. The third-order valence-electron chi connectivity index (χ3n) is 9.58. The van der Waals surface area contributed by atoms with Gasteiger partial charge in [0.25, 0.3) is 0 Å². The first-order chi connectivity index (χ1) is 16.8. The molecule has 0 heterocycles. The number of allylic oxidation sites excluding steroid dienone is 1. The number of benzene rings is 2. The first-order valence-corrected chi connectivity index (χ1v) is 13.8. The van der Waals surface area contributed by atoms with Gasteiger partial charge in [-0.25, -0.2) is 0 Å². The maximum atomic E-state index is 11.0. The van der Waals surface area contributed by atoms with E-state index in [1.54, 1.807) is 0 Å². The molecule has 0 unspecified atom stereocenters. The summed E-state index contributed by atoms with van der Waals surface area (Å²) in [5.74, 6) is 0.292. The zero-order chi connectivity index (χ0) is 25.1. The molecular weight excluding hydrogens is 432 g/mol. The molecule has 2 aliphatic carbocycles. The number of ether oxygens (including phenoxy) is 1. The van der Waals surface area contributed by atoms with Crippen LogP contribution in [0.2, 0.25) is 0 Å². The molecular formula is C31H43N2O2+. The van der Waals surface area contributed by atoms with Gasteiger partial charge in [0.2, 0.25) is 5.39 Å².